The number of carbonyl (C=O) groups is 1. The van der Waals surface area contributed by atoms with Crippen molar-refractivity contribution in [2.24, 2.45) is 13.0 Å². The van der Waals surface area contributed by atoms with E-state index in [4.69, 9.17) is 0 Å². The van der Waals surface area contributed by atoms with E-state index in [1.54, 1.807) is 10.9 Å². The van der Waals surface area contributed by atoms with Crippen molar-refractivity contribution in [3.05, 3.63) is 59.7 Å². The maximum absolute atomic E-state index is 13.1. The minimum atomic E-state index is 0.0262. The minimum Gasteiger partial charge on any atom is -0.331 e. The molecule has 2 aromatic rings. The lowest BCUT2D eigenvalue weighted by Crippen LogP contribution is -2.36. The molecule has 126 valence electrons. The fourth-order valence-electron chi connectivity index (χ4n) is 3.21. The van der Waals surface area contributed by atoms with E-state index in [0.29, 0.717) is 18.2 Å². The van der Waals surface area contributed by atoms with Gasteiger partial charge in [0, 0.05) is 19.8 Å². The molecule has 5 nitrogen and oxygen atoms in total. The third kappa shape index (κ3) is 3.91. The zero-order valence-corrected chi connectivity index (χ0v) is 14.4. The molecule has 0 saturated heterocycles. The van der Waals surface area contributed by atoms with Crippen LogP contribution >= 0.6 is 0 Å². The fraction of sp³-hybridized carbons (Fsp3) is 0.421. The fourth-order valence-corrected chi connectivity index (χ4v) is 3.21. The lowest BCUT2D eigenvalue weighted by Gasteiger charge is -2.28. The topological polar surface area (TPSA) is 51.0 Å². The Morgan fingerprint density at radius 1 is 1.38 bits per heavy atom. The van der Waals surface area contributed by atoms with E-state index in [0.717, 1.165) is 37.2 Å². The van der Waals surface area contributed by atoms with E-state index in [1.165, 1.54) is 0 Å². The van der Waals surface area contributed by atoms with Crippen molar-refractivity contribution < 1.29 is 4.79 Å². The first-order chi connectivity index (χ1) is 11.6. The molecular weight excluding hydrogens is 300 g/mol. The summed E-state index contributed by atoms with van der Waals surface area (Å²) in [4.78, 5) is 19.4. The Labute approximate surface area is 143 Å². The van der Waals surface area contributed by atoms with Gasteiger partial charge >= 0.3 is 0 Å². The van der Waals surface area contributed by atoms with Crippen LogP contribution in [0, 0.1) is 12.8 Å². The van der Waals surface area contributed by atoms with Crippen molar-refractivity contribution in [3.63, 3.8) is 0 Å². The highest BCUT2D eigenvalue weighted by Gasteiger charge is 2.23. The predicted octanol–water partition coefficient (Wildman–Crippen LogP) is 3.12. The normalized spacial score (nSPS) is 17.0. The smallest absolute Gasteiger partial charge is 0.272 e. The Balaban J connectivity index is 1.81. The van der Waals surface area contributed by atoms with Crippen LogP contribution in [0.4, 0.5) is 0 Å². The van der Waals surface area contributed by atoms with Gasteiger partial charge in [-0.1, -0.05) is 18.2 Å². The summed E-state index contributed by atoms with van der Waals surface area (Å²) in [5.74, 6) is 0.537. The molecule has 0 spiro atoms. The van der Waals surface area contributed by atoms with Gasteiger partial charge in [0.1, 0.15) is 5.69 Å². The third-order valence-electron chi connectivity index (χ3n) is 4.44. The summed E-state index contributed by atoms with van der Waals surface area (Å²) < 4.78 is 1.67. The number of rotatable bonds is 5. The van der Waals surface area contributed by atoms with Crippen molar-refractivity contribution in [2.75, 3.05) is 6.54 Å². The van der Waals surface area contributed by atoms with Gasteiger partial charge < -0.3 is 4.90 Å². The molecule has 1 atom stereocenters. The Morgan fingerprint density at radius 3 is 2.88 bits per heavy atom. The molecule has 0 aliphatic heterocycles. The van der Waals surface area contributed by atoms with Crippen LogP contribution in [0.5, 0.6) is 0 Å². The second-order valence-corrected chi connectivity index (χ2v) is 6.45. The number of pyridine rings is 1. The van der Waals surface area contributed by atoms with Gasteiger partial charge in [-0.3, -0.25) is 14.5 Å². The number of allylic oxidation sites excluding steroid dienone is 2. The first-order valence-corrected chi connectivity index (χ1v) is 8.48. The minimum absolute atomic E-state index is 0.0262. The van der Waals surface area contributed by atoms with Crippen molar-refractivity contribution >= 4 is 5.91 Å². The van der Waals surface area contributed by atoms with Gasteiger partial charge in [0.15, 0.2) is 0 Å². The number of aromatic nitrogens is 3. The average Bonchev–Trinajstić information content (AvgIpc) is 2.94. The highest BCUT2D eigenvalue weighted by atomic mass is 16.2. The van der Waals surface area contributed by atoms with Gasteiger partial charge in [0.25, 0.3) is 5.91 Å². The van der Waals surface area contributed by atoms with Crippen LogP contribution in [0.3, 0.4) is 0 Å². The molecule has 0 unspecified atom stereocenters. The molecule has 1 aliphatic rings. The molecule has 0 fully saturated rings. The van der Waals surface area contributed by atoms with E-state index in [2.05, 4.69) is 22.2 Å². The van der Waals surface area contributed by atoms with E-state index in [9.17, 15) is 4.79 Å². The van der Waals surface area contributed by atoms with Crippen LogP contribution in [0.1, 0.15) is 41.1 Å². The summed E-state index contributed by atoms with van der Waals surface area (Å²) in [5.41, 5.74) is 2.41. The van der Waals surface area contributed by atoms with Gasteiger partial charge in [0.2, 0.25) is 0 Å². The van der Waals surface area contributed by atoms with Crippen LogP contribution < -0.4 is 0 Å². The Hall–Kier alpha value is -2.43. The Bertz CT molecular complexity index is 720. The van der Waals surface area contributed by atoms with E-state index >= 15 is 0 Å². The molecule has 0 bridgehead atoms. The van der Waals surface area contributed by atoms with Gasteiger partial charge in [-0.2, -0.15) is 5.10 Å². The molecule has 0 saturated carbocycles. The molecule has 5 heteroatoms. The summed E-state index contributed by atoms with van der Waals surface area (Å²) in [5, 5.41) is 4.31. The Kier molecular flexibility index (Phi) is 5.08. The van der Waals surface area contributed by atoms with Crippen LogP contribution in [-0.4, -0.2) is 32.1 Å². The molecule has 1 amide bonds. The maximum atomic E-state index is 13.1. The van der Waals surface area contributed by atoms with Crippen LogP contribution in [0.15, 0.2) is 42.6 Å². The van der Waals surface area contributed by atoms with Gasteiger partial charge in [-0.25, -0.2) is 0 Å². The maximum Gasteiger partial charge on any atom is 0.272 e. The zero-order valence-electron chi connectivity index (χ0n) is 14.4. The van der Waals surface area contributed by atoms with Gasteiger partial charge in [-0.05, 0) is 50.3 Å². The summed E-state index contributed by atoms with van der Waals surface area (Å²) in [7, 11) is 1.82. The lowest BCUT2D eigenvalue weighted by molar-refractivity contribution is 0.0696. The highest BCUT2D eigenvalue weighted by molar-refractivity contribution is 5.92. The summed E-state index contributed by atoms with van der Waals surface area (Å²) in [6.07, 6.45) is 9.50. The second-order valence-electron chi connectivity index (χ2n) is 6.45. The molecule has 2 aromatic heterocycles. The zero-order chi connectivity index (χ0) is 16.9. The van der Waals surface area contributed by atoms with Crippen molar-refractivity contribution in [1.29, 1.82) is 0 Å². The van der Waals surface area contributed by atoms with Gasteiger partial charge in [0.05, 0.1) is 17.9 Å². The van der Waals surface area contributed by atoms with Crippen LogP contribution in [-0.2, 0) is 13.6 Å². The average molecular weight is 324 g/mol. The third-order valence-corrected chi connectivity index (χ3v) is 4.44. The first-order valence-electron chi connectivity index (χ1n) is 8.48. The van der Waals surface area contributed by atoms with Crippen LogP contribution in [0.25, 0.3) is 0 Å². The number of nitrogens with zero attached hydrogens (tertiary/aromatic N) is 4. The first kappa shape index (κ1) is 16.4. The highest BCUT2D eigenvalue weighted by Crippen LogP contribution is 2.21. The quantitative estimate of drug-likeness (QED) is 0.794. The number of hydrogen-bond acceptors (Lipinski definition) is 3. The van der Waals surface area contributed by atoms with Crippen molar-refractivity contribution in [2.45, 2.75) is 32.7 Å². The van der Waals surface area contributed by atoms with Crippen LogP contribution in [0.2, 0.25) is 0 Å². The number of hydrogen-bond donors (Lipinski definition) is 0. The monoisotopic (exact) mass is 324 g/mol. The van der Waals surface area contributed by atoms with E-state index < -0.39 is 0 Å². The molecule has 2 heterocycles. The molecule has 1 aliphatic carbocycles. The predicted molar refractivity (Wildman–Crippen MR) is 93.4 cm³/mol. The molecule has 3 rings (SSSR count). The SMILES string of the molecule is Cc1cc(C(=O)N(Cc2ccccn2)C[C@@H]2CC=CCC2)n(C)n1. The summed E-state index contributed by atoms with van der Waals surface area (Å²) in [6.45, 7) is 3.19. The van der Waals surface area contributed by atoms with E-state index in [1.807, 2.05) is 43.1 Å². The standard InChI is InChI=1S/C19H24N4O/c1-15-12-18(22(2)21-15)19(24)23(13-16-8-4-3-5-9-16)14-17-10-6-7-11-20-17/h3-4,6-7,10-12,16H,5,8-9,13-14H2,1-2H3/t16-/m1/s1. The number of amides is 1. The molecule has 0 N–H and O–H groups in total. The van der Waals surface area contributed by atoms with Crippen molar-refractivity contribution in [1.82, 2.24) is 19.7 Å². The summed E-state index contributed by atoms with van der Waals surface area (Å²) >= 11 is 0. The molecule has 24 heavy (non-hydrogen) atoms. The van der Waals surface area contributed by atoms with Crippen molar-refractivity contribution in [3.8, 4) is 0 Å². The molecule has 0 aromatic carbocycles. The van der Waals surface area contributed by atoms with E-state index in [-0.39, 0.29) is 5.91 Å². The molecular formula is C19H24N4O. The Morgan fingerprint density at radius 2 is 2.25 bits per heavy atom. The second kappa shape index (κ2) is 7.43. The number of aryl methyl sites for hydroxylation is 2. The number of carbonyl (C=O) groups excluding carboxylic acids is 1. The summed E-state index contributed by atoms with van der Waals surface area (Å²) in [6, 6.07) is 7.68. The van der Waals surface area contributed by atoms with Gasteiger partial charge in [-0.15, -0.1) is 0 Å². The lowest BCUT2D eigenvalue weighted by atomic mass is 9.94. The largest absolute Gasteiger partial charge is 0.331 e. The molecule has 0 radical (unpaired) electrons.